The second kappa shape index (κ2) is 5.94. The van der Waals surface area contributed by atoms with E-state index in [0.29, 0.717) is 5.56 Å². The van der Waals surface area contributed by atoms with Gasteiger partial charge < -0.3 is 10.3 Å². The Bertz CT molecular complexity index is 1080. The summed E-state index contributed by atoms with van der Waals surface area (Å²) in [5, 5.41) is 2.00. The normalized spacial score (nSPS) is 11.2. The van der Waals surface area contributed by atoms with Gasteiger partial charge in [-0.05, 0) is 52.4 Å². The highest BCUT2D eigenvalue weighted by Gasteiger charge is 2.16. The number of rotatable bonds is 3. The number of carbonyl (C=O) groups is 1. The maximum atomic E-state index is 11.9. The van der Waals surface area contributed by atoms with Crippen LogP contribution in [0.15, 0.2) is 66.7 Å². The average Bonchev–Trinajstić information content (AvgIpc) is 2.91. The van der Waals surface area contributed by atoms with E-state index in [1.54, 1.807) is 6.07 Å². The maximum Gasteiger partial charge on any atom is 0.249 e. The third kappa shape index (κ3) is 2.38. The summed E-state index contributed by atoms with van der Waals surface area (Å²) in [6.45, 7) is 0.755. The van der Waals surface area contributed by atoms with Crippen LogP contribution in [0, 0.1) is 3.57 Å². The minimum Gasteiger partial charge on any atom is -0.366 e. The van der Waals surface area contributed by atoms with E-state index in [-0.39, 0.29) is 0 Å². The van der Waals surface area contributed by atoms with Gasteiger partial charge in [0.2, 0.25) is 5.91 Å². The Morgan fingerprint density at radius 1 is 0.917 bits per heavy atom. The van der Waals surface area contributed by atoms with E-state index in [1.165, 1.54) is 9.13 Å². The summed E-state index contributed by atoms with van der Waals surface area (Å²) in [7, 11) is 0. The Hall–Kier alpha value is -2.34. The predicted octanol–water partition coefficient (Wildman–Crippen LogP) is 4.55. The number of nitrogens with two attached hydrogens (primary N) is 1. The Kier molecular flexibility index (Phi) is 3.76. The van der Waals surface area contributed by atoms with Crippen molar-refractivity contribution in [3.8, 4) is 0 Å². The van der Waals surface area contributed by atoms with E-state index in [2.05, 4.69) is 63.6 Å². The molecule has 0 bridgehead atoms. The zero-order chi connectivity index (χ0) is 16.7. The van der Waals surface area contributed by atoms with E-state index in [1.807, 2.05) is 24.3 Å². The van der Waals surface area contributed by atoms with Gasteiger partial charge in [0.05, 0.1) is 5.52 Å². The van der Waals surface area contributed by atoms with Crippen molar-refractivity contribution in [2.75, 3.05) is 0 Å². The van der Waals surface area contributed by atoms with Crippen LogP contribution < -0.4 is 5.73 Å². The molecule has 0 fully saturated rings. The summed E-state index contributed by atoms with van der Waals surface area (Å²) in [5.74, 6) is -0.391. The van der Waals surface area contributed by atoms with Crippen LogP contribution in [0.1, 0.15) is 15.9 Å². The van der Waals surface area contributed by atoms with Gasteiger partial charge in [0.1, 0.15) is 0 Å². The number of primary amides is 1. The topological polar surface area (TPSA) is 48.0 Å². The van der Waals surface area contributed by atoms with Crippen molar-refractivity contribution in [2.45, 2.75) is 6.54 Å². The van der Waals surface area contributed by atoms with Crippen LogP contribution in [-0.4, -0.2) is 10.5 Å². The molecular formula is C20H15IN2O. The summed E-state index contributed by atoms with van der Waals surface area (Å²) >= 11 is 2.36. The number of amides is 1. The number of halogens is 1. The van der Waals surface area contributed by atoms with Crippen LogP contribution in [-0.2, 0) is 6.54 Å². The maximum absolute atomic E-state index is 11.9. The van der Waals surface area contributed by atoms with Gasteiger partial charge in [0, 0.05) is 32.0 Å². The number of hydrogen-bond acceptors (Lipinski definition) is 1. The molecule has 0 aliphatic heterocycles. The molecule has 0 saturated heterocycles. The highest BCUT2D eigenvalue weighted by Crippen LogP contribution is 2.32. The molecule has 3 aromatic carbocycles. The molecule has 1 amide bonds. The zero-order valence-corrected chi connectivity index (χ0v) is 15.0. The van der Waals surface area contributed by atoms with Crippen molar-refractivity contribution in [1.82, 2.24) is 4.57 Å². The van der Waals surface area contributed by atoms with E-state index in [9.17, 15) is 4.79 Å². The summed E-state index contributed by atoms with van der Waals surface area (Å²) in [4.78, 5) is 11.9. The third-order valence-corrected chi connectivity index (χ3v) is 5.40. The summed E-state index contributed by atoms with van der Waals surface area (Å²) in [5.41, 5.74) is 9.58. The number of benzene rings is 3. The van der Waals surface area contributed by atoms with E-state index < -0.39 is 5.91 Å². The monoisotopic (exact) mass is 426 g/mol. The third-order valence-electron chi connectivity index (χ3n) is 4.35. The van der Waals surface area contributed by atoms with E-state index in [0.717, 1.165) is 28.4 Å². The van der Waals surface area contributed by atoms with Crippen LogP contribution in [0.2, 0.25) is 0 Å². The van der Waals surface area contributed by atoms with Crippen LogP contribution in [0.5, 0.6) is 0 Å². The molecular weight excluding hydrogens is 411 g/mol. The first-order chi connectivity index (χ1) is 11.7. The van der Waals surface area contributed by atoms with Crippen molar-refractivity contribution < 1.29 is 4.79 Å². The molecule has 24 heavy (non-hydrogen) atoms. The van der Waals surface area contributed by atoms with Gasteiger partial charge >= 0.3 is 0 Å². The van der Waals surface area contributed by atoms with Gasteiger partial charge in [0.25, 0.3) is 0 Å². The van der Waals surface area contributed by atoms with Gasteiger partial charge in [0.15, 0.2) is 0 Å². The predicted molar refractivity (Wildman–Crippen MR) is 106 cm³/mol. The Morgan fingerprint density at radius 2 is 1.62 bits per heavy atom. The molecule has 4 heteroatoms. The first-order valence-corrected chi connectivity index (χ1v) is 8.78. The molecule has 0 aliphatic rings. The smallest absolute Gasteiger partial charge is 0.249 e. The van der Waals surface area contributed by atoms with Gasteiger partial charge in [-0.1, -0.05) is 42.5 Å². The Morgan fingerprint density at radius 3 is 2.42 bits per heavy atom. The molecule has 4 aromatic rings. The van der Waals surface area contributed by atoms with Gasteiger partial charge in [-0.25, -0.2) is 0 Å². The van der Waals surface area contributed by atoms with Crippen molar-refractivity contribution in [1.29, 1.82) is 0 Å². The number of para-hydroxylation sites is 1. The summed E-state index contributed by atoms with van der Waals surface area (Å²) in [6.07, 6.45) is 0. The molecule has 4 rings (SSSR count). The number of carbonyl (C=O) groups excluding carboxylic acids is 1. The average molecular weight is 426 g/mol. The molecule has 1 aromatic heterocycles. The van der Waals surface area contributed by atoms with Crippen molar-refractivity contribution in [3.05, 3.63) is 81.4 Å². The lowest BCUT2D eigenvalue weighted by Crippen LogP contribution is -2.11. The lowest BCUT2D eigenvalue weighted by atomic mass is 10.1. The fourth-order valence-corrected chi connectivity index (χ4v) is 3.83. The van der Waals surface area contributed by atoms with Gasteiger partial charge in [-0.2, -0.15) is 0 Å². The lowest BCUT2D eigenvalue weighted by Gasteiger charge is -2.09. The Balaban J connectivity index is 2.06. The molecule has 1 heterocycles. The van der Waals surface area contributed by atoms with Crippen molar-refractivity contribution >= 4 is 50.3 Å². The van der Waals surface area contributed by atoms with E-state index in [4.69, 9.17) is 5.73 Å². The molecule has 0 aliphatic carbocycles. The molecule has 3 nitrogen and oxygen atoms in total. The highest BCUT2D eigenvalue weighted by molar-refractivity contribution is 14.1. The summed E-state index contributed by atoms with van der Waals surface area (Å²) < 4.78 is 3.49. The van der Waals surface area contributed by atoms with Gasteiger partial charge in [-0.3, -0.25) is 4.79 Å². The number of hydrogen-bond donors (Lipinski definition) is 1. The molecule has 0 saturated carbocycles. The summed E-state index contributed by atoms with van der Waals surface area (Å²) in [6, 6.07) is 22.3. The SMILES string of the molecule is NC(=O)c1cccc2c1c1ccccc1n2Cc1ccccc1I. The zero-order valence-electron chi connectivity index (χ0n) is 12.9. The second-order valence-corrected chi connectivity index (χ2v) is 6.92. The molecule has 0 atom stereocenters. The highest BCUT2D eigenvalue weighted by atomic mass is 127. The molecule has 0 unspecified atom stereocenters. The fraction of sp³-hybridized carbons (Fsp3) is 0.0500. The first-order valence-electron chi connectivity index (χ1n) is 7.70. The molecule has 0 radical (unpaired) electrons. The minimum atomic E-state index is -0.391. The van der Waals surface area contributed by atoms with Crippen LogP contribution in [0.4, 0.5) is 0 Å². The number of nitrogens with zero attached hydrogens (tertiary/aromatic N) is 1. The largest absolute Gasteiger partial charge is 0.366 e. The molecule has 0 spiro atoms. The van der Waals surface area contributed by atoms with E-state index >= 15 is 0 Å². The first kappa shape index (κ1) is 15.2. The van der Waals surface area contributed by atoms with Crippen molar-refractivity contribution in [2.24, 2.45) is 5.73 Å². The number of aromatic nitrogens is 1. The standard InChI is InChI=1S/C20H15IN2O/c21-16-9-3-1-6-13(16)12-23-17-10-4-2-7-14(17)19-15(20(22)24)8-5-11-18(19)23/h1-11H,12H2,(H2,22,24). The molecule has 2 N–H and O–H groups in total. The van der Waals surface area contributed by atoms with Crippen LogP contribution >= 0.6 is 22.6 Å². The number of fused-ring (bicyclic) bond motifs is 3. The lowest BCUT2D eigenvalue weighted by molar-refractivity contribution is 0.100. The quantitative estimate of drug-likeness (QED) is 0.481. The minimum absolute atomic E-state index is 0.391. The van der Waals surface area contributed by atoms with Crippen LogP contribution in [0.3, 0.4) is 0 Å². The fourth-order valence-electron chi connectivity index (χ4n) is 3.27. The van der Waals surface area contributed by atoms with Crippen LogP contribution in [0.25, 0.3) is 21.8 Å². The van der Waals surface area contributed by atoms with Crippen molar-refractivity contribution in [3.63, 3.8) is 0 Å². The Labute approximate surface area is 153 Å². The molecule has 118 valence electrons. The second-order valence-electron chi connectivity index (χ2n) is 5.76. The van der Waals surface area contributed by atoms with Gasteiger partial charge in [-0.15, -0.1) is 0 Å².